The van der Waals surface area contributed by atoms with Crippen LogP contribution in [0.2, 0.25) is 0 Å². The molecule has 1 aliphatic carbocycles. The van der Waals surface area contributed by atoms with Crippen molar-refractivity contribution in [3.05, 3.63) is 0 Å². The van der Waals surface area contributed by atoms with Crippen molar-refractivity contribution in [1.29, 1.82) is 0 Å². The van der Waals surface area contributed by atoms with E-state index < -0.39 is 5.97 Å². The van der Waals surface area contributed by atoms with Crippen LogP contribution in [0.4, 0.5) is 0 Å². The lowest BCUT2D eigenvalue weighted by Crippen LogP contribution is -2.43. The first-order valence-corrected chi connectivity index (χ1v) is 5.71. The Hall–Kier alpha value is -1.10. The predicted octanol–water partition coefficient (Wildman–Crippen LogP) is 0.435. The van der Waals surface area contributed by atoms with Crippen molar-refractivity contribution >= 4 is 11.9 Å². The van der Waals surface area contributed by atoms with E-state index >= 15 is 0 Å². The number of hydrogen-bond acceptors (Lipinski definition) is 3. The van der Waals surface area contributed by atoms with E-state index in [1.54, 1.807) is 18.7 Å². The largest absolute Gasteiger partial charge is 0.481 e. The van der Waals surface area contributed by atoms with E-state index in [1.807, 2.05) is 0 Å². The summed E-state index contributed by atoms with van der Waals surface area (Å²) in [5.41, 5.74) is 5.69. The summed E-state index contributed by atoms with van der Waals surface area (Å²) in [7, 11) is 0. The van der Waals surface area contributed by atoms with Crippen LogP contribution in [-0.2, 0) is 9.59 Å². The molecule has 2 atom stereocenters. The molecule has 5 nitrogen and oxygen atoms in total. The van der Waals surface area contributed by atoms with Crippen LogP contribution in [0.3, 0.4) is 0 Å². The number of carbonyl (C=O) groups excluding carboxylic acids is 1. The number of carboxylic acid groups (broad SMARTS) is 1. The van der Waals surface area contributed by atoms with Gasteiger partial charge in [0.15, 0.2) is 0 Å². The molecule has 1 aliphatic rings. The van der Waals surface area contributed by atoms with E-state index in [2.05, 4.69) is 0 Å². The zero-order valence-corrected chi connectivity index (χ0v) is 9.85. The molecule has 92 valence electrons. The summed E-state index contributed by atoms with van der Waals surface area (Å²) in [5.74, 6) is -1.12. The number of carboxylic acids is 1. The molecule has 16 heavy (non-hydrogen) atoms. The number of nitrogens with zero attached hydrogens (tertiary/aromatic N) is 1. The molecule has 1 saturated carbocycles. The first-order valence-electron chi connectivity index (χ1n) is 5.71. The zero-order valence-electron chi connectivity index (χ0n) is 9.85. The molecule has 5 heteroatoms. The Balaban J connectivity index is 2.55. The van der Waals surface area contributed by atoms with Gasteiger partial charge in [-0.1, -0.05) is 6.92 Å². The molecule has 0 heterocycles. The van der Waals surface area contributed by atoms with Crippen molar-refractivity contribution in [3.8, 4) is 0 Å². The average molecular weight is 228 g/mol. The van der Waals surface area contributed by atoms with Crippen LogP contribution in [0, 0.1) is 5.92 Å². The van der Waals surface area contributed by atoms with Crippen LogP contribution in [0.25, 0.3) is 0 Å². The second kappa shape index (κ2) is 5.30. The zero-order chi connectivity index (χ0) is 12.3. The van der Waals surface area contributed by atoms with Crippen molar-refractivity contribution < 1.29 is 14.7 Å². The molecule has 1 amide bonds. The minimum atomic E-state index is -0.869. The Morgan fingerprint density at radius 3 is 2.38 bits per heavy atom. The summed E-state index contributed by atoms with van der Waals surface area (Å²) in [5, 5.41) is 8.63. The number of amides is 1. The Morgan fingerprint density at radius 2 is 2.00 bits per heavy atom. The van der Waals surface area contributed by atoms with Crippen molar-refractivity contribution in [2.45, 2.75) is 45.2 Å². The lowest BCUT2D eigenvalue weighted by Gasteiger charge is -2.26. The number of nitrogens with two attached hydrogens (primary N) is 1. The van der Waals surface area contributed by atoms with Gasteiger partial charge in [0.2, 0.25) is 5.91 Å². The molecule has 0 bridgehead atoms. The summed E-state index contributed by atoms with van der Waals surface area (Å²) >= 11 is 0. The second-order valence-corrected chi connectivity index (χ2v) is 4.55. The lowest BCUT2D eigenvalue weighted by atomic mass is 10.0. The molecule has 3 N–H and O–H groups in total. The van der Waals surface area contributed by atoms with Gasteiger partial charge in [0.25, 0.3) is 0 Å². The molecule has 0 saturated heterocycles. The van der Waals surface area contributed by atoms with E-state index in [1.165, 1.54) is 0 Å². The number of rotatable bonds is 6. The van der Waals surface area contributed by atoms with Gasteiger partial charge >= 0.3 is 5.97 Å². The molecule has 1 fully saturated rings. The van der Waals surface area contributed by atoms with Crippen LogP contribution in [0.15, 0.2) is 0 Å². The molecule has 0 radical (unpaired) electrons. The highest BCUT2D eigenvalue weighted by Crippen LogP contribution is 2.28. The molecule has 1 rings (SSSR count). The highest BCUT2D eigenvalue weighted by Gasteiger charge is 2.35. The van der Waals surface area contributed by atoms with Gasteiger partial charge in [0, 0.05) is 18.6 Å². The van der Waals surface area contributed by atoms with Crippen molar-refractivity contribution in [3.63, 3.8) is 0 Å². The van der Waals surface area contributed by atoms with Crippen LogP contribution >= 0.6 is 0 Å². The van der Waals surface area contributed by atoms with Crippen LogP contribution in [0.1, 0.15) is 33.1 Å². The summed E-state index contributed by atoms with van der Waals surface area (Å²) in [6.45, 7) is 3.89. The fourth-order valence-electron chi connectivity index (χ4n) is 1.56. The van der Waals surface area contributed by atoms with E-state index in [0.29, 0.717) is 6.54 Å². The summed E-state index contributed by atoms with van der Waals surface area (Å²) < 4.78 is 0. The predicted molar refractivity (Wildman–Crippen MR) is 59.8 cm³/mol. The minimum absolute atomic E-state index is 0.00785. The van der Waals surface area contributed by atoms with E-state index in [9.17, 15) is 9.59 Å². The van der Waals surface area contributed by atoms with Crippen LogP contribution < -0.4 is 5.73 Å². The van der Waals surface area contributed by atoms with Gasteiger partial charge < -0.3 is 15.7 Å². The smallest absolute Gasteiger partial charge is 0.305 e. The first-order chi connectivity index (χ1) is 7.43. The highest BCUT2D eigenvalue weighted by molar-refractivity contribution is 5.80. The van der Waals surface area contributed by atoms with Gasteiger partial charge in [-0.05, 0) is 19.8 Å². The topological polar surface area (TPSA) is 83.6 Å². The second-order valence-electron chi connectivity index (χ2n) is 4.55. The van der Waals surface area contributed by atoms with E-state index in [0.717, 1.165) is 12.8 Å². The monoisotopic (exact) mass is 228 g/mol. The first kappa shape index (κ1) is 13.0. The van der Waals surface area contributed by atoms with Crippen molar-refractivity contribution in [2.24, 2.45) is 11.7 Å². The standard InChI is InChI=1S/C11H20N2O3/c1-7(8(2)12)11(16)13(9-3-4-9)6-5-10(14)15/h7-9H,3-6,12H2,1-2H3,(H,14,15). The van der Waals surface area contributed by atoms with Gasteiger partial charge in [0.1, 0.15) is 0 Å². The lowest BCUT2D eigenvalue weighted by molar-refractivity contribution is -0.140. The third-order valence-electron chi connectivity index (χ3n) is 3.02. The van der Waals surface area contributed by atoms with E-state index in [4.69, 9.17) is 10.8 Å². The maximum Gasteiger partial charge on any atom is 0.305 e. The SMILES string of the molecule is CC(N)C(C)C(=O)N(CCC(=O)O)C1CC1. The Bertz CT molecular complexity index is 274. The van der Waals surface area contributed by atoms with Gasteiger partial charge in [-0.25, -0.2) is 0 Å². The number of carbonyl (C=O) groups is 2. The third kappa shape index (κ3) is 3.48. The highest BCUT2D eigenvalue weighted by atomic mass is 16.4. The molecule has 0 aromatic carbocycles. The van der Waals surface area contributed by atoms with Crippen molar-refractivity contribution in [2.75, 3.05) is 6.54 Å². The summed E-state index contributed by atoms with van der Waals surface area (Å²) in [6.07, 6.45) is 1.97. The maximum absolute atomic E-state index is 12.0. The Kier molecular flexibility index (Phi) is 4.29. The molecular weight excluding hydrogens is 208 g/mol. The molecule has 0 aromatic heterocycles. The van der Waals surface area contributed by atoms with Crippen LogP contribution in [-0.4, -0.2) is 40.5 Å². The third-order valence-corrected chi connectivity index (χ3v) is 3.02. The maximum atomic E-state index is 12.0. The van der Waals surface area contributed by atoms with Crippen LogP contribution in [0.5, 0.6) is 0 Å². The number of aliphatic carboxylic acids is 1. The molecule has 0 spiro atoms. The summed E-state index contributed by atoms with van der Waals surface area (Å²) in [6, 6.07) is 0.0478. The van der Waals surface area contributed by atoms with Gasteiger partial charge in [-0.3, -0.25) is 9.59 Å². The molecule has 2 unspecified atom stereocenters. The summed E-state index contributed by atoms with van der Waals surface area (Å²) in [4.78, 5) is 24.2. The van der Waals surface area contributed by atoms with E-state index in [-0.39, 0.29) is 30.3 Å². The Labute approximate surface area is 95.6 Å². The van der Waals surface area contributed by atoms with Gasteiger partial charge in [-0.2, -0.15) is 0 Å². The van der Waals surface area contributed by atoms with Gasteiger partial charge in [-0.15, -0.1) is 0 Å². The Morgan fingerprint density at radius 1 is 1.44 bits per heavy atom. The average Bonchev–Trinajstić information content (AvgIpc) is 3.00. The van der Waals surface area contributed by atoms with Gasteiger partial charge in [0.05, 0.1) is 12.3 Å². The minimum Gasteiger partial charge on any atom is -0.481 e. The fourth-order valence-corrected chi connectivity index (χ4v) is 1.56. The molecule has 0 aromatic rings. The fraction of sp³-hybridized carbons (Fsp3) is 0.818. The molecule has 0 aliphatic heterocycles. The van der Waals surface area contributed by atoms with Crippen molar-refractivity contribution in [1.82, 2.24) is 4.90 Å². The normalized spacial score (nSPS) is 18.9. The quantitative estimate of drug-likeness (QED) is 0.690. The number of hydrogen-bond donors (Lipinski definition) is 2. The molecular formula is C11H20N2O3.